The molecule has 0 saturated heterocycles. The van der Waals surface area contributed by atoms with Gasteiger partial charge in [-0.2, -0.15) is 18.3 Å². The van der Waals surface area contributed by atoms with Crippen LogP contribution in [0.3, 0.4) is 0 Å². The van der Waals surface area contributed by atoms with Crippen molar-refractivity contribution in [3.8, 4) is 10.6 Å². The molecule has 2 aromatic rings. The lowest BCUT2D eigenvalue weighted by atomic mass is 10.3. The molecule has 4 nitrogen and oxygen atoms in total. The molecule has 0 aliphatic carbocycles. The van der Waals surface area contributed by atoms with Crippen molar-refractivity contribution < 1.29 is 21.6 Å². The zero-order valence-electron chi connectivity index (χ0n) is 9.89. The minimum atomic E-state index is -4.49. The second-order valence-corrected chi connectivity index (χ2v) is 7.25. The summed E-state index contributed by atoms with van der Waals surface area (Å²) in [5.74, 6) is 0. The summed E-state index contributed by atoms with van der Waals surface area (Å²) in [6, 6.07) is 3.71. The number of halogens is 3. The molecule has 0 aromatic carbocycles. The minimum absolute atomic E-state index is 0.0988. The first kappa shape index (κ1) is 14.1. The summed E-state index contributed by atoms with van der Waals surface area (Å²) in [5.41, 5.74) is -0.772. The van der Waals surface area contributed by atoms with Gasteiger partial charge in [0, 0.05) is 13.3 Å². The molecule has 0 N–H and O–H groups in total. The van der Waals surface area contributed by atoms with Gasteiger partial charge in [0.2, 0.25) is 0 Å². The molecule has 0 fully saturated rings. The minimum Gasteiger partial charge on any atom is -0.263 e. The highest BCUT2D eigenvalue weighted by Crippen LogP contribution is 2.34. The number of hydrogen-bond donors (Lipinski definition) is 0. The smallest absolute Gasteiger partial charge is 0.263 e. The number of alkyl halides is 3. The van der Waals surface area contributed by atoms with Crippen molar-refractivity contribution in [1.29, 1.82) is 0 Å². The van der Waals surface area contributed by atoms with Crippen molar-refractivity contribution in [3.63, 3.8) is 0 Å². The van der Waals surface area contributed by atoms with E-state index in [2.05, 4.69) is 5.10 Å². The predicted molar refractivity (Wildman–Crippen MR) is 64.6 cm³/mol. The Balaban J connectivity index is 2.47. The molecular weight excluding hydrogens is 301 g/mol. The lowest BCUT2D eigenvalue weighted by Crippen LogP contribution is -2.11. The van der Waals surface area contributed by atoms with Crippen molar-refractivity contribution in [3.05, 3.63) is 23.9 Å². The van der Waals surface area contributed by atoms with Gasteiger partial charge in [-0.15, -0.1) is 11.3 Å². The lowest BCUT2D eigenvalue weighted by molar-refractivity contribution is -0.143. The summed E-state index contributed by atoms with van der Waals surface area (Å²) in [6.45, 7) is 0. The highest BCUT2D eigenvalue weighted by atomic mass is 32.2. The van der Waals surface area contributed by atoms with Crippen LogP contribution in [-0.4, -0.2) is 24.5 Å². The van der Waals surface area contributed by atoms with E-state index in [0.717, 1.165) is 28.3 Å². The molecule has 2 aromatic heterocycles. The molecule has 9 heteroatoms. The van der Waals surface area contributed by atoms with Gasteiger partial charge in [-0.25, -0.2) is 8.42 Å². The number of hydrogen-bond acceptors (Lipinski definition) is 4. The van der Waals surface area contributed by atoms with Gasteiger partial charge in [-0.1, -0.05) is 0 Å². The zero-order chi connectivity index (χ0) is 14.4. The predicted octanol–water partition coefficient (Wildman–Crippen LogP) is 2.57. The van der Waals surface area contributed by atoms with E-state index in [1.165, 1.54) is 19.2 Å². The van der Waals surface area contributed by atoms with E-state index in [1.807, 2.05) is 0 Å². The molecule has 0 atom stereocenters. The van der Waals surface area contributed by atoms with Crippen LogP contribution in [-0.2, 0) is 23.1 Å². The SMILES string of the molecule is Cn1nc(-c2ccc(S(C)(=O)=O)s2)cc1C(F)(F)F. The highest BCUT2D eigenvalue weighted by Gasteiger charge is 2.35. The Labute approximate surface area is 111 Å². The fourth-order valence-electron chi connectivity index (χ4n) is 1.51. The third kappa shape index (κ3) is 2.81. The third-order valence-corrected chi connectivity index (χ3v) is 5.30. The fourth-order valence-corrected chi connectivity index (χ4v) is 3.39. The summed E-state index contributed by atoms with van der Waals surface area (Å²) in [7, 11) is -2.17. The monoisotopic (exact) mass is 310 g/mol. The Morgan fingerprint density at radius 3 is 2.37 bits per heavy atom. The van der Waals surface area contributed by atoms with Gasteiger partial charge < -0.3 is 0 Å². The van der Waals surface area contributed by atoms with Crippen molar-refractivity contribution in [2.45, 2.75) is 10.4 Å². The molecule has 0 saturated carbocycles. The number of aryl methyl sites for hydroxylation is 1. The summed E-state index contributed by atoms with van der Waals surface area (Å²) < 4.78 is 61.3. The lowest BCUT2D eigenvalue weighted by Gasteiger charge is -2.04. The highest BCUT2D eigenvalue weighted by molar-refractivity contribution is 7.92. The molecule has 0 spiro atoms. The summed E-state index contributed by atoms with van der Waals surface area (Å²) in [4.78, 5) is 0.381. The maximum Gasteiger partial charge on any atom is 0.433 e. The molecule has 0 amide bonds. The second-order valence-electron chi connectivity index (χ2n) is 3.93. The van der Waals surface area contributed by atoms with Crippen LogP contribution in [0.4, 0.5) is 13.2 Å². The number of nitrogens with zero attached hydrogens (tertiary/aromatic N) is 2. The first-order valence-corrected chi connectivity index (χ1v) is 7.71. The van der Waals surface area contributed by atoms with Gasteiger partial charge >= 0.3 is 6.18 Å². The molecule has 0 radical (unpaired) electrons. The molecule has 0 aliphatic rings. The summed E-state index contributed by atoms with van der Waals surface area (Å²) in [5, 5.41) is 3.75. The van der Waals surface area contributed by atoms with Crippen LogP contribution in [0, 0.1) is 0 Å². The average molecular weight is 310 g/mol. The van der Waals surface area contributed by atoms with Crippen LogP contribution in [0.5, 0.6) is 0 Å². The van der Waals surface area contributed by atoms with Crippen LogP contribution < -0.4 is 0 Å². The van der Waals surface area contributed by atoms with E-state index in [4.69, 9.17) is 0 Å². The Morgan fingerprint density at radius 2 is 1.95 bits per heavy atom. The third-order valence-electron chi connectivity index (χ3n) is 2.37. The zero-order valence-corrected chi connectivity index (χ0v) is 11.5. The van der Waals surface area contributed by atoms with Gasteiger partial charge in [0.05, 0.1) is 4.88 Å². The first-order valence-electron chi connectivity index (χ1n) is 5.00. The Bertz CT molecular complexity index is 713. The van der Waals surface area contributed by atoms with Crippen LogP contribution in [0.2, 0.25) is 0 Å². The van der Waals surface area contributed by atoms with Gasteiger partial charge in [0.25, 0.3) is 0 Å². The van der Waals surface area contributed by atoms with E-state index in [-0.39, 0.29) is 9.90 Å². The van der Waals surface area contributed by atoms with Crippen LogP contribution in [0.15, 0.2) is 22.4 Å². The molecule has 19 heavy (non-hydrogen) atoms. The number of aromatic nitrogens is 2. The van der Waals surface area contributed by atoms with E-state index in [9.17, 15) is 21.6 Å². The standard InChI is InChI=1S/C10H9F3N2O2S2/c1-15-8(10(11,12)13)5-6(14-15)7-3-4-9(18-7)19(2,16)17/h3-5H,1-2H3. The number of sulfone groups is 1. The number of thiophene rings is 1. The largest absolute Gasteiger partial charge is 0.433 e. The first-order chi connectivity index (χ1) is 8.59. The van der Waals surface area contributed by atoms with Crippen molar-refractivity contribution in [1.82, 2.24) is 9.78 Å². The normalized spacial score (nSPS) is 12.9. The topological polar surface area (TPSA) is 52.0 Å². The maximum absolute atomic E-state index is 12.6. The van der Waals surface area contributed by atoms with Crippen molar-refractivity contribution in [2.75, 3.05) is 6.26 Å². The van der Waals surface area contributed by atoms with Crippen LogP contribution in [0.25, 0.3) is 10.6 Å². The van der Waals surface area contributed by atoms with Gasteiger partial charge in [-0.3, -0.25) is 4.68 Å². The molecule has 0 unspecified atom stereocenters. The van der Waals surface area contributed by atoms with Crippen LogP contribution in [0.1, 0.15) is 5.69 Å². The van der Waals surface area contributed by atoms with E-state index >= 15 is 0 Å². The average Bonchev–Trinajstić information content (AvgIpc) is 2.79. The molecule has 2 rings (SSSR count). The maximum atomic E-state index is 12.6. The second kappa shape index (κ2) is 4.34. The Hall–Kier alpha value is -1.35. The molecule has 104 valence electrons. The van der Waals surface area contributed by atoms with E-state index in [1.54, 1.807) is 0 Å². The fraction of sp³-hybridized carbons (Fsp3) is 0.300. The van der Waals surface area contributed by atoms with Crippen molar-refractivity contribution in [2.24, 2.45) is 7.05 Å². The van der Waals surface area contributed by atoms with Gasteiger partial charge in [0.15, 0.2) is 9.84 Å². The van der Waals surface area contributed by atoms with Crippen molar-refractivity contribution >= 4 is 21.2 Å². The quantitative estimate of drug-likeness (QED) is 0.856. The molecule has 2 heterocycles. The molecule has 0 bridgehead atoms. The van der Waals surface area contributed by atoms with Crippen LogP contribution >= 0.6 is 11.3 Å². The number of rotatable bonds is 2. The van der Waals surface area contributed by atoms with Gasteiger partial charge in [-0.05, 0) is 18.2 Å². The molecule has 0 aliphatic heterocycles. The van der Waals surface area contributed by atoms with E-state index in [0.29, 0.717) is 4.88 Å². The Morgan fingerprint density at radius 1 is 1.32 bits per heavy atom. The Kier molecular flexibility index (Phi) is 3.21. The van der Waals surface area contributed by atoms with E-state index < -0.39 is 21.7 Å². The summed E-state index contributed by atoms with van der Waals surface area (Å²) in [6.07, 6.45) is -3.45. The van der Waals surface area contributed by atoms with Gasteiger partial charge in [0.1, 0.15) is 15.6 Å². The summed E-state index contributed by atoms with van der Waals surface area (Å²) >= 11 is 0.894. The molecular formula is C10H9F3N2O2S2.